The van der Waals surface area contributed by atoms with Crippen LogP contribution in [-0.4, -0.2) is 15.9 Å². The highest BCUT2D eigenvalue weighted by atomic mass is 32.2. The highest BCUT2D eigenvalue weighted by Gasteiger charge is 2.09. The second-order valence-corrected chi connectivity index (χ2v) is 5.67. The molecule has 2 rings (SSSR count). The molecule has 20 heavy (non-hydrogen) atoms. The number of hydrogen-bond donors (Lipinski definition) is 1. The van der Waals surface area contributed by atoms with Crippen LogP contribution in [0.4, 0.5) is 4.39 Å². The summed E-state index contributed by atoms with van der Waals surface area (Å²) in [5.74, 6) is -0.0180. The van der Waals surface area contributed by atoms with Crippen molar-refractivity contribution in [2.24, 2.45) is 0 Å². The molecule has 0 spiro atoms. The second-order valence-electron chi connectivity index (χ2n) is 4.21. The summed E-state index contributed by atoms with van der Waals surface area (Å²) >= 11 is 0. The van der Waals surface area contributed by atoms with Gasteiger partial charge < -0.3 is 9.73 Å². The molecule has 0 aliphatic rings. The van der Waals surface area contributed by atoms with Crippen molar-refractivity contribution in [3.8, 4) is 0 Å². The highest BCUT2D eigenvalue weighted by molar-refractivity contribution is 7.84. The van der Waals surface area contributed by atoms with Crippen LogP contribution in [0.25, 0.3) is 0 Å². The third kappa shape index (κ3) is 4.62. The van der Waals surface area contributed by atoms with Crippen LogP contribution < -0.4 is 5.32 Å². The maximum atomic E-state index is 13.0. The van der Waals surface area contributed by atoms with Crippen molar-refractivity contribution in [1.29, 1.82) is 0 Å². The summed E-state index contributed by atoms with van der Waals surface area (Å²) in [6.07, 6.45) is 1.52. The molecule has 0 saturated carbocycles. The van der Waals surface area contributed by atoms with Crippen molar-refractivity contribution in [3.05, 3.63) is 59.8 Å². The molecule has 0 bridgehead atoms. The van der Waals surface area contributed by atoms with E-state index in [1.54, 1.807) is 24.3 Å². The van der Waals surface area contributed by atoms with E-state index in [9.17, 15) is 13.4 Å². The Morgan fingerprint density at radius 2 is 2.15 bits per heavy atom. The molecule has 1 atom stereocenters. The van der Waals surface area contributed by atoms with E-state index in [1.807, 2.05) is 0 Å². The fourth-order valence-corrected chi connectivity index (χ4v) is 2.71. The Morgan fingerprint density at radius 3 is 2.85 bits per heavy atom. The molecule has 2 aromatic rings. The van der Waals surface area contributed by atoms with E-state index in [2.05, 4.69) is 5.32 Å². The number of halogens is 1. The van der Waals surface area contributed by atoms with Gasteiger partial charge in [-0.3, -0.25) is 9.00 Å². The molecule has 106 valence electrons. The summed E-state index contributed by atoms with van der Waals surface area (Å²) in [7, 11) is -1.37. The average Bonchev–Trinajstić information content (AvgIpc) is 2.89. The molecule has 1 N–H and O–H groups in total. The summed E-state index contributed by atoms with van der Waals surface area (Å²) in [4.78, 5) is 11.6. The number of nitrogens with one attached hydrogen (secondary N) is 1. The summed E-state index contributed by atoms with van der Waals surface area (Å²) in [5.41, 5.74) is 0.613. The molecule has 6 heteroatoms. The number of benzene rings is 1. The fraction of sp³-hybridized carbons (Fsp3) is 0.214. The van der Waals surface area contributed by atoms with Crippen LogP contribution in [0.5, 0.6) is 0 Å². The van der Waals surface area contributed by atoms with Crippen LogP contribution in [0.2, 0.25) is 0 Å². The minimum absolute atomic E-state index is 0.114. The third-order valence-corrected chi connectivity index (χ3v) is 3.79. The van der Waals surface area contributed by atoms with Crippen molar-refractivity contribution >= 4 is 16.7 Å². The molecule has 0 fully saturated rings. The standard InChI is InChI=1S/C14H14FNO3S/c15-12-4-1-3-11(7-12)9-20(18)10-14(17)16-8-13-5-2-6-19-13/h1-7H,8-10H2,(H,16,17). The van der Waals surface area contributed by atoms with E-state index >= 15 is 0 Å². The van der Waals surface area contributed by atoms with Crippen LogP contribution in [-0.2, 0) is 27.9 Å². The number of carbonyl (C=O) groups excluding carboxylic acids is 1. The molecule has 0 aliphatic carbocycles. The van der Waals surface area contributed by atoms with Crippen LogP contribution in [0, 0.1) is 5.82 Å². The lowest BCUT2D eigenvalue weighted by Crippen LogP contribution is -2.28. The molecule has 1 unspecified atom stereocenters. The van der Waals surface area contributed by atoms with Gasteiger partial charge in [0, 0.05) is 16.6 Å². The zero-order valence-electron chi connectivity index (χ0n) is 10.7. The monoisotopic (exact) mass is 295 g/mol. The van der Waals surface area contributed by atoms with Gasteiger partial charge in [-0.15, -0.1) is 0 Å². The fourth-order valence-electron chi connectivity index (χ4n) is 1.66. The minimum Gasteiger partial charge on any atom is -0.467 e. The van der Waals surface area contributed by atoms with Crippen LogP contribution >= 0.6 is 0 Å². The predicted octanol–water partition coefficient (Wildman–Crippen LogP) is 1.98. The molecular formula is C14H14FNO3S. The maximum absolute atomic E-state index is 13.0. The molecule has 1 aromatic heterocycles. The number of furan rings is 1. The van der Waals surface area contributed by atoms with E-state index < -0.39 is 10.8 Å². The molecule has 0 radical (unpaired) electrons. The first-order chi connectivity index (χ1) is 9.63. The maximum Gasteiger partial charge on any atom is 0.233 e. The van der Waals surface area contributed by atoms with Gasteiger partial charge in [-0.1, -0.05) is 12.1 Å². The normalized spacial score (nSPS) is 12.1. The van der Waals surface area contributed by atoms with Crippen molar-refractivity contribution < 1.29 is 17.8 Å². The molecule has 1 aromatic carbocycles. The van der Waals surface area contributed by atoms with Crippen molar-refractivity contribution in [1.82, 2.24) is 5.32 Å². The van der Waals surface area contributed by atoms with Gasteiger partial charge in [-0.25, -0.2) is 4.39 Å². The van der Waals surface area contributed by atoms with Crippen LogP contribution in [0.15, 0.2) is 47.1 Å². The molecule has 4 nitrogen and oxygen atoms in total. The Balaban J connectivity index is 1.77. The molecule has 0 saturated heterocycles. The van der Waals surface area contributed by atoms with Crippen molar-refractivity contribution in [2.75, 3.05) is 5.75 Å². The van der Waals surface area contributed by atoms with E-state index in [0.717, 1.165) is 0 Å². The first-order valence-electron chi connectivity index (χ1n) is 6.02. The number of amides is 1. The van der Waals surface area contributed by atoms with Crippen molar-refractivity contribution in [2.45, 2.75) is 12.3 Å². The Hall–Kier alpha value is -1.95. The predicted molar refractivity (Wildman–Crippen MR) is 73.7 cm³/mol. The minimum atomic E-state index is -1.37. The van der Waals surface area contributed by atoms with Gasteiger partial charge in [-0.2, -0.15) is 0 Å². The second kappa shape index (κ2) is 7.00. The summed E-state index contributed by atoms with van der Waals surface area (Å²) in [5, 5.41) is 2.61. The van der Waals surface area contributed by atoms with Gasteiger partial charge in [0.1, 0.15) is 17.3 Å². The number of carbonyl (C=O) groups is 1. The smallest absolute Gasteiger partial charge is 0.233 e. The number of hydrogen-bond acceptors (Lipinski definition) is 3. The van der Waals surface area contributed by atoms with E-state index in [4.69, 9.17) is 4.42 Å². The van der Waals surface area contributed by atoms with Crippen LogP contribution in [0.1, 0.15) is 11.3 Å². The molecule has 1 heterocycles. The molecular weight excluding hydrogens is 281 g/mol. The van der Waals surface area contributed by atoms with Gasteiger partial charge in [0.25, 0.3) is 0 Å². The number of rotatable bonds is 6. The third-order valence-electron chi connectivity index (χ3n) is 2.55. The Morgan fingerprint density at radius 1 is 1.30 bits per heavy atom. The van der Waals surface area contributed by atoms with Crippen molar-refractivity contribution in [3.63, 3.8) is 0 Å². The topological polar surface area (TPSA) is 59.3 Å². The van der Waals surface area contributed by atoms with Gasteiger partial charge in [-0.05, 0) is 29.8 Å². The lowest BCUT2D eigenvalue weighted by atomic mass is 10.2. The molecule has 1 amide bonds. The first-order valence-corrected chi connectivity index (χ1v) is 7.51. The summed E-state index contributed by atoms with van der Waals surface area (Å²) < 4.78 is 29.8. The quantitative estimate of drug-likeness (QED) is 0.886. The van der Waals surface area contributed by atoms with Gasteiger partial charge >= 0.3 is 0 Å². The average molecular weight is 295 g/mol. The zero-order valence-corrected chi connectivity index (χ0v) is 11.5. The lowest BCUT2D eigenvalue weighted by molar-refractivity contribution is -0.118. The Kier molecular flexibility index (Phi) is 5.06. The SMILES string of the molecule is O=C(CS(=O)Cc1cccc(F)c1)NCc1ccco1. The largest absolute Gasteiger partial charge is 0.467 e. The Labute approximate surface area is 118 Å². The van der Waals surface area contributed by atoms with Gasteiger partial charge in [0.2, 0.25) is 5.91 Å². The zero-order chi connectivity index (χ0) is 14.4. The summed E-state index contributed by atoms with van der Waals surface area (Å²) in [6.45, 7) is 0.267. The van der Waals surface area contributed by atoms with E-state index in [-0.39, 0.29) is 29.8 Å². The van der Waals surface area contributed by atoms with Crippen LogP contribution in [0.3, 0.4) is 0 Å². The Bertz CT molecular complexity index is 598. The highest BCUT2D eigenvalue weighted by Crippen LogP contribution is 2.06. The molecule has 0 aliphatic heterocycles. The van der Waals surface area contributed by atoms with E-state index in [0.29, 0.717) is 11.3 Å². The van der Waals surface area contributed by atoms with Gasteiger partial charge in [0.15, 0.2) is 0 Å². The van der Waals surface area contributed by atoms with E-state index in [1.165, 1.54) is 18.4 Å². The first kappa shape index (κ1) is 14.5. The lowest BCUT2D eigenvalue weighted by Gasteiger charge is -2.04. The van der Waals surface area contributed by atoms with Gasteiger partial charge in [0.05, 0.1) is 12.8 Å². The summed E-state index contributed by atoms with van der Waals surface area (Å²) in [6, 6.07) is 9.34.